The van der Waals surface area contributed by atoms with Gasteiger partial charge in [-0.05, 0) is 30.7 Å². The zero-order chi connectivity index (χ0) is 15.6. The number of benzene rings is 1. The number of halogens is 2. The van der Waals surface area contributed by atoms with Crippen LogP contribution in [0.4, 0.5) is 21.6 Å². The molecule has 0 saturated carbocycles. The first-order chi connectivity index (χ1) is 9.92. The van der Waals surface area contributed by atoms with E-state index in [0.29, 0.717) is 5.69 Å². The Bertz CT molecular complexity index is 711. The van der Waals surface area contributed by atoms with Crippen molar-refractivity contribution in [2.45, 2.75) is 6.92 Å². The van der Waals surface area contributed by atoms with Crippen molar-refractivity contribution in [2.75, 3.05) is 12.4 Å². The SMILES string of the molecule is COc1cc(F)ccc1Nc1nc(Cl)nc(C)c1[N+](=O)[O-]. The number of hydrogen-bond donors (Lipinski definition) is 1. The first-order valence-corrected chi connectivity index (χ1v) is 6.09. The molecule has 1 aromatic heterocycles. The van der Waals surface area contributed by atoms with Crippen LogP contribution in [-0.2, 0) is 0 Å². The quantitative estimate of drug-likeness (QED) is 0.529. The Morgan fingerprint density at radius 3 is 2.76 bits per heavy atom. The van der Waals surface area contributed by atoms with Crippen molar-refractivity contribution in [1.82, 2.24) is 9.97 Å². The van der Waals surface area contributed by atoms with Gasteiger partial charge >= 0.3 is 5.69 Å². The molecular weight excluding hydrogens is 303 g/mol. The van der Waals surface area contributed by atoms with Crippen LogP contribution in [0.15, 0.2) is 18.2 Å². The maximum atomic E-state index is 13.1. The minimum absolute atomic E-state index is 0.0950. The van der Waals surface area contributed by atoms with Gasteiger partial charge in [0, 0.05) is 6.07 Å². The molecule has 9 heteroatoms. The van der Waals surface area contributed by atoms with Crippen LogP contribution in [-0.4, -0.2) is 22.0 Å². The van der Waals surface area contributed by atoms with Crippen molar-refractivity contribution in [2.24, 2.45) is 0 Å². The largest absolute Gasteiger partial charge is 0.494 e. The Labute approximate surface area is 123 Å². The highest BCUT2D eigenvalue weighted by molar-refractivity contribution is 6.28. The van der Waals surface area contributed by atoms with Gasteiger partial charge in [0.25, 0.3) is 0 Å². The van der Waals surface area contributed by atoms with Crippen LogP contribution in [0.2, 0.25) is 5.28 Å². The minimum Gasteiger partial charge on any atom is -0.494 e. The molecule has 0 aliphatic rings. The third-order valence-corrected chi connectivity index (χ3v) is 2.80. The number of hydrogen-bond acceptors (Lipinski definition) is 6. The van der Waals surface area contributed by atoms with E-state index in [1.54, 1.807) is 0 Å². The summed E-state index contributed by atoms with van der Waals surface area (Å²) in [6.45, 7) is 1.44. The number of nitrogens with one attached hydrogen (secondary N) is 1. The maximum absolute atomic E-state index is 13.1. The van der Waals surface area contributed by atoms with Crippen LogP contribution in [0.3, 0.4) is 0 Å². The number of aryl methyl sites for hydroxylation is 1. The molecule has 0 saturated heterocycles. The molecule has 0 spiro atoms. The monoisotopic (exact) mass is 312 g/mol. The first kappa shape index (κ1) is 14.9. The van der Waals surface area contributed by atoms with Gasteiger partial charge in [-0.2, -0.15) is 4.98 Å². The predicted octanol–water partition coefficient (Wildman–Crippen LogP) is 3.24. The number of methoxy groups -OCH3 is 1. The molecule has 21 heavy (non-hydrogen) atoms. The Hall–Kier alpha value is -2.48. The Morgan fingerprint density at radius 2 is 2.14 bits per heavy atom. The number of nitrogens with zero attached hydrogens (tertiary/aromatic N) is 3. The lowest BCUT2D eigenvalue weighted by atomic mass is 10.2. The van der Waals surface area contributed by atoms with Gasteiger partial charge in [0.15, 0.2) is 0 Å². The molecule has 110 valence electrons. The average Bonchev–Trinajstić information content (AvgIpc) is 2.39. The summed E-state index contributed by atoms with van der Waals surface area (Å²) >= 11 is 5.72. The predicted molar refractivity (Wildman–Crippen MR) is 74.7 cm³/mol. The highest BCUT2D eigenvalue weighted by Gasteiger charge is 2.22. The molecule has 0 atom stereocenters. The molecule has 0 bridgehead atoms. The lowest BCUT2D eigenvalue weighted by molar-refractivity contribution is -0.385. The van der Waals surface area contributed by atoms with Gasteiger partial charge in [-0.3, -0.25) is 10.1 Å². The molecule has 1 N–H and O–H groups in total. The van der Waals surface area contributed by atoms with Crippen molar-refractivity contribution in [3.8, 4) is 5.75 Å². The Morgan fingerprint density at radius 1 is 1.43 bits per heavy atom. The van der Waals surface area contributed by atoms with Gasteiger partial charge in [0.2, 0.25) is 11.1 Å². The molecule has 0 fully saturated rings. The lowest BCUT2D eigenvalue weighted by Crippen LogP contribution is -2.05. The molecule has 0 unspecified atom stereocenters. The molecule has 7 nitrogen and oxygen atoms in total. The van der Waals surface area contributed by atoms with E-state index in [4.69, 9.17) is 16.3 Å². The molecule has 1 aromatic carbocycles. The zero-order valence-electron chi connectivity index (χ0n) is 11.1. The zero-order valence-corrected chi connectivity index (χ0v) is 11.8. The number of aromatic nitrogens is 2. The standard InChI is InChI=1S/C12H10ClFN4O3/c1-6-10(18(19)20)11(17-12(13)15-6)16-8-4-3-7(14)5-9(8)21-2/h3-5H,1-2H3,(H,15,16,17). The smallest absolute Gasteiger partial charge is 0.332 e. The summed E-state index contributed by atoms with van der Waals surface area (Å²) in [7, 11) is 1.35. The second-order valence-electron chi connectivity index (χ2n) is 4.00. The second-order valence-corrected chi connectivity index (χ2v) is 4.34. The third kappa shape index (κ3) is 3.16. The van der Waals surface area contributed by atoms with Gasteiger partial charge in [-0.25, -0.2) is 9.37 Å². The van der Waals surface area contributed by atoms with E-state index in [1.807, 2.05) is 0 Å². The molecule has 0 aliphatic heterocycles. The summed E-state index contributed by atoms with van der Waals surface area (Å²) in [5, 5.41) is 13.7. The fourth-order valence-corrected chi connectivity index (χ4v) is 1.95. The Kier molecular flexibility index (Phi) is 4.18. The summed E-state index contributed by atoms with van der Waals surface area (Å²) in [6, 6.07) is 3.71. The summed E-state index contributed by atoms with van der Waals surface area (Å²) in [4.78, 5) is 18.0. The molecule has 2 aromatic rings. The van der Waals surface area contributed by atoms with Gasteiger partial charge in [0.1, 0.15) is 17.3 Å². The molecule has 1 heterocycles. The topological polar surface area (TPSA) is 90.2 Å². The summed E-state index contributed by atoms with van der Waals surface area (Å²) in [5.41, 5.74) is 0.116. The Balaban J connectivity index is 2.51. The highest BCUT2D eigenvalue weighted by Crippen LogP contribution is 2.33. The normalized spacial score (nSPS) is 10.3. The fourth-order valence-electron chi connectivity index (χ4n) is 1.73. The van der Waals surface area contributed by atoms with Crippen LogP contribution < -0.4 is 10.1 Å². The maximum Gasteiger partial charge on any atom is 0.332 e. The number of ether oxygens (including phenoxy) is 1. The van der Waals surface area contributed by atoms with Crippen molar-refractivity contribution < 1.29 is 14.1 Å². The second kappa shape index (κ2) is 5.88. The van der Waals surface area contributed by atoms with E-state index >= 15 is 0 Å². The van der Waals surface area contributed by atoms with Gasteiger partial charge in [-0.15, -0.1) is 0 Å². The summed E-state index contributed by atoms with van der Waals surface area (Å²) in [6.07, 6.45) is 0. The average molecular weight is 313 g/mol. The highest BCUT2D eigenvalue weighted by atomic mass is 35.5. The van der Waals surface area contributed by atoms with Crippen LogP contribution >= 0.6 is 11.6 Å². The van der Waals surface area contributed by atoms with Crippen molar-refractivity contribution in [1.29, 1.82) is 0 Å². The first-order valence-electron chi connectivity index (χ1n) is 5.71. The summed E-state index contributed by atoms with van der Waals surface area (Å²) in [5.74, 6) is -0.414. The van der Waals surface area contributed by atoms with Crippen molar-refractivity contribution >= 4 is 28.8 Å². The number of anilines is 2. The van der Waals surface area contributed by atoms with E-state index in [2.05, 4.69) is 15.3 Å². The fraction of sp³-hybridized carbons (Fsp3) is 0.167. The van der Waals surface area contributed by atoms with E-state index in [9.17, 15) is 14.5 Å². The summed E-state index contributed by atoms with van der Waals surface area (Å²) < 4.78 is 18.2. The van der Waals surface area contributed by atoms with E-state index < -0.39 is 10.7 Å². The van der Waals surface area contributed by atoms with Crippen molar-refractivity contribution in [3.05, 3.63) is 45.1 Å². The van der Waals surface area contributed by atoms with E-state index in [1.165, 1.54) is 26.2 Å². The molecular formula is C12H10ClFN4O3. The van der Waals surface area contributed by atoms with Crippen LogP contribution in [0.1, 0.15) is 5.69 Å². The van der Waals surface area contributed by atoms with E-state index in [0.717, 1.165) is 6.07 Å². The van der Waals surface area contributed by atoms with Crippen molar-refractivity contribution in [3.63, 3.8) is 0 Å². The van der Waals surface area contributed by atoms with Crippen LogP contribution in [0, 0.1) is 22.9 Å². The molecule has 0 radical (unpaired) electrons. The molecule has 0 aliphatic carbocycles. The minimum atomic E-state index is -0.621. The number of rotatable bonds is 4. The molecule has 2 rings (SSSR count). The lowest BCUT2D eigenvalue weighted by Gasteiger charge is -2.11. The van der Waals surface area contributed by atoms with Gasteiger partial charge in [0.05, 0.1) is 17.7 Å². The van der Waals surface area contributed by atoms with Gasteiger partial charge < -0.3 is 10.1 Å². The number of nitro groups is 1. The third-order valence-electron chi connectivity index (χ3n) is 2.63. The van der Waals surface area contributed by atoms with E-state index in [-0.39, 0.29) is 28.2 Å². The van der Waals surface area contributed by atoms with Crippen LogP contribution in [0.5, 0.6) is 5.75 Å². The van der Waals surface area contributed by atoms with Crippen LogP contribution in [0.25, 0.3) is 0 Å². The molecule has 0 amide bonds. The van der Waals surface area contributed by atoms with Gasteiger partial charge in [-0.1, -0.05) is 0 Å².